The van der Waals surface area contributed by atoms with Crippen LogP contribution in [0.1, 0.15) is 34.7 Å². The van der Waals surface area contributed by atoms with Gasteiger partial charge in [0.1, 0.15) is 11.5 Å². The highest BCUT2D eigenvalue weighted by atomic mass is 16.5. The maximum atomic E-state index is 13.2. The molecule has 5 heteroatoms. The van der Waals surface area contributed by atoms with E-state index >= 15 is 0 Å². The van der Waals surface area contributed by atoms with E-state index in [9.17, 15) is 4.79 Å². The van der Waals surface area contributed by atoms with Crippen LogP contribution >= 0.6 is 0 Å². The third kappa shape index (κ3) is 4.57. The number of hydrogen-bond acceptors (Lipinski definition) is 4. The molecule has 0 fully saturated rings. The Morgan fingerprint density at radius 1 is 1.00 bits per heavy atom. The number of carbonyl (C=O) groups excluding carboxylic acids is 1. The van der Waals surface area contributed by atoms with Crippen LogP contribution in [0, 0.1) is 6.92 Å². The van der Waals surface area contributed by atoms with Crippen molar-refractivity contribution in [3.8, 4) is 11.5 Å². The largest absolute Gasteiger partial charge is 0.497 e. The molecule has 162 valence electrons. The molecule has 1 amide bonds. The number of hydrazone groups is 1. The summed E-state index contributed by atoms with van der Waals surface area (Å²) in [5.74, 6) is 1.21. The quantitative estimate of drug-likeness (QED) is 0.496. The molecule has 32 heavy (non-hydrogen) atoms. The molecule has 0 aliphatic carbocycles. The maximum Gasteiger partial charge on any atom is 0.267 e. The second kappa shape index (κ2) is 9.52. The van der Waals surface area contributed by atoms with Gasteiger partial charge in [0.05, 0.1) is 26.0 Å². The number of methoxy groups -OCH3 is 2. The number of ether oxygens (including phenoxy) is 2. The van der Waals surface area contributed by atoms with E-state index < -0.39 is 0 Å². The van der Waals surface area contributed by atoms with E-state index in [1.54, 1.807) is 25.3 Å². The van der Waals surface area contributed by atoms with E-state index in [1.165, 1.54) is 5.56 Å². The molecular weight excluding hydrogens is 400 g/mol. The zero-order chi connectivity index (χ0) is 22.5. The molecule has 5 nitrogen and oxygen atoms in total. The number of rotatable bonds is 6. The fourth-order valence-electron chi connectivity index (χ4n) is 3.78. The van der Waals surface area contributed by atoms with Gasteiger partial charge < -0.3 is 9.47 Å². The predicted molar refractivity (Wildman–Crippen MR) is 127 cm³/mol. The van der Waals surface area contributed by atoms with Crippen LogP contribution in [0.2, 0.25) is 0 Å². The van der Waals surface area contributed by atoms with Gasteiger partial charge in [-0.2, -0.15) is 5.10 Å². The second-order valence-corrected chi connectivity index (χ2v) is 7.67. The third-order valence-electron chi connectivity index (χ3n) is 5.53. The summed E-state index contributed by atoms with van der Waals surface area (Å²) >= 11 is 0. The molecule has 1 aliphatic heterocycles. The lowest BCUT2D eigenvalue weighted by Crippen LogP contribution is -2.25. The van der Waals surface area contributed by atoms with E-state index in [1.807, 2.05) is 73.7 Å². The minimum absolute atomic E-state index is 0.189. The summed E-state index contributed by atoms with van der Waals surface area (Å²) in [6.45, 7) is 2.05. The number of aryl methyl sites for hydroxylation is 1. The summed E-state index contributed by atoms with van der Waals surface area (Å²) in [6, 6.07) is 23.3. The lowest BCUT2D eigenvalue weighted by molar-refractivity contribution is -0.127. The predicted octanol–water partition coefficient (Wildman–Crippen LogP) is 5.40. The molecule has 0 saturated heterocycles. The Balaban J connectivity index is 1.72. The number of amides is 1. The summed E-state index contributed by atoms with van der Waals surface area (Å²) in [5, 5.41) is 6.29. The first kappa shape index (κ1) is 21.4. The van der Waals surface area contributed by atoms with Gasteiger partial charge in [0.2, 0.25) is 0 Å². The summed E-state index contributed by atoms with van der Waals surface area (Å²) in [5.41, 5.74) is 4.86. The van der Waals surface area contributed by atoms with Crippen molar-refractivity contribution in [3.63, 3.8) is 0 Å². The molecule has 3 aromatic rings. The highest BCUT2D eigenvalue weighted by molar-refractivity contribution is 6.04. The Labute approximate surface area is 188 Å². The molecule has 4 rings (SSSR count). The van der Waals surface area contributed by atoms with Gasteiger partial charge in [-0.25, -0.2) is 5.01 Å². The Hall–Kier alpha value is -3.86. The van der Waals surface area contributed by atoms with Crippen LogP contribution in [0.25, 0.3) is 6.08 Å². The molecule has 1 heterocycles. The molecule has 1 aliphatic rings. The van der Waals surface area contributed by atoms with Crippen molar-refractivity contribution in [2.45, 2.75) is 19.4 Å². The zero-order valence-electron chi connectivity index (χ0n) is 18.5. The highest BCUT2D eigenvalue weighted by Gasteiger charge is 2.34. The van der Waals surface area contributed by atoms with Gasteiger partial charge in [-0.15, -0.1) is 0 Å². The fraction of sp³-hybridized carbons (Fsp3) is 0.185. The van der Waals surface area contributed by atoms with Crippen LogP contribution in [-0.2, 0) is 4.79 Å². The van der Waals surface area contributed by atoms with E-state index in [4.69, 9.17) is 14.6 Å². The van der Waals surface area contributed by atoms with Gasteiger partial charge >= 0.3 is 0 Å². The Morgan fingerprint density at radius 3 is 2.44 bits per heavy atom. The molecule has 0 aromatic heterocycles. The summed E-state index contributed by atoms with van der Waals surface area (Å²) in [4.78, 5) is 13.2. The first-order valence-electron chi connectivity index (χ1n) is 10.5. The van der Waals surface area contributed by atoms with Crippen molar-refractivity contribution in [2.24, 2.45) is 5.10 Å². The van der Waals surface area contributed by atoms with Crippen LogP contribution in [0.5, 0.6) is 11.5 Å². The van der Waals surface area contributed by atoms with E-state index in [2.05, 4.69) is 12.1 Å². The first-order valence-corrected chi connectivity index (χ1v) is 10.5. The number of benzene rings is 3. The van der Waals surface area contributed by atoms with E-state index in [-0.39, 0.29) is 11.9 Å². The number of hydrogen-bond donors (Lipinski definition) is 0. The third-order valence-corrected chi connectivity index (χ3v) is 5.53. The van der Waals surface area contributed by atoms with Crippen molar-refractivity contribution >= 4 is 17.7 Å². The molecule has 0 radical (unpaired) electrons. The highest BCUT2D eigenvalue weighted by Crippen LogP contribution is 2.39. The summed E-state index contributed by atoms with van der Waals surface area (Å²) in [6.07, 6.45) is 3.95. The molecular formula is C27H26N2O3. The van der Waals surface area contributed by atoms with Crippen molar-refractivity contribution in [1.29, 1.82) is 0 Å². The number of nitrogens with zero attached hydrogens (tertiary/aromatic N) is 2. The lowest BCUT2D eigenvalue weighted by atomic mass is 9.97. The Morgan fingerprint density at radius 2 is 1.75 bits per heavy atom. The van der Waals surface area contributed by atoms with Gasteiger partial charge in [0, 0.05) is 18.1 Å². The minimum atomic E-state index is -0.302. The van der Waals surface area contributed by atoms with Crippen LogP contribution in [0.3, 0.4) is 0 Å². The van der Waals surface area contributed by atoms with Crippen molar-refractivity contribution in [1.82, 2.24) is 5.01 Å². The Kier molecular flexibility index (Phi) is 6.36. The first-order chi connectivity index (χ1) is 15.6. The molecule has 1 atom stereocenters. The van der Waals surface area contributed by atoms with Crippen molar-refractivity contribution in [2.75, 3.05) is 14.2 Å². The zero-order valence-corrected chi connectivity index (χ0v) is 18.5. The summed E-state index contributed by atoms with van der Waals surface area (Å²) in [7, 11) is 3.25. The molecule has 1 unspecified atom stereocenters. The fourth-order valence-corrected chi connectivity index (χ4v) is 3.78. The standard InChI is InChI=1S/C27H26N2O3/c1-19-9-12-21(13-10-19)24-18-25(23-17-22(31-2)14-15-26(23)32-3)29(28-24)27(30)16-11-20-7-5-4-6-8-20/h4-17,25H,18H2,1-3H3. The monoisotopic (exact) mass is 426 g/mol. The number of carbonyl (C=O) groups is 1. The smallest absolute Gasteiger partial charge is 0.267 e. The van der Waals surface area contributed by atoms with Crippen LogP contribution in [0.15, 0.2) is 84.0 Å². The normalized spacial score (nSPS) is 15.7. The topological polar surface area (TPSA) is 51.1 Å². The molecule has 0 N–H and O–H groups in total. The minimum Gasteiger partial charge on any atom is -0.497 e. The van der Waals surface area contributed by atoms with Crippen molar-refractivity contribution < 1.29 is 14.3 Å². The van der Waals surface area contributed by atoms with Gasteiger partial charge in [-0.1, -0.05) is 60.2 Å². The summed E-state index contributed by atoms with van der Waals surface area (Å²) < 4.78 is 11.0. The van der Waals surface area contributed by atoms with Gasteiger partial charge in [0.15, 0.2) is 0 Å². The molecule has 0 bridgehead atoms. The van der Waals surface area contributed by atoms with Gasteiger partial charge in [-0.3, -0.25) is 4.79 Å². The van der Waals surface area contributed by atoms with Crippen LogP contribution in [-0.4, -0.2) is 30.8 Å². The molecule has 0 saturated carbocycles. The maximum absolute atomic E-state index is 13.2. The molecule has 0 spiro atoms. The van der Waals surface area contributed by atoms with Crippen LogP contribution < -0.4 is 9.47 Å². The average Bonchev–Trinajstić information content (AvgIpc) is 3.28. The van der Waals surface area contributed by atoms with Gasteiger partial charge in [0.25, 0.3) is 5.91 Å². The van der Waals surface area contributed by atoms with Gasteiger partial charge in [-0.05, 0) is 42.3 Å². The van der Waals surface area contributed by atoms with E-state index in [0.29, 0.717) is 17.9 Å². The SMILES string of the molecule is COc1ccc(OC)c(C2CC(c3ccc(C)cc3)=NN2C(=O)C=Cc2ccccc2)c1. The van der Waals surface area contributed by atoms with Crippen molar-refractivity contribution in [3.05, 3.63) is 101 Å². The lowest BCUT2D eigenvalue weighted by Gasteiger charge is -2.23. The molecule has 3 aromatic carbocycles. The van der Waals surface area contributed by atoms with Crippen LogP contribution in [0.4, 0.5) is 0 Å². The Bertz CT molecular complexity index is 1150. The second-order valence-electron chi connectivity index (χ2n) is 7.67. The van der Waals surface area contributed by atoms with E-state index in [0.717, 1.165) is 22.4 Å². The average molecular weight is 427 g/mol.